The number of hydrogen-bond acceptors (Lipinski definition) is 0. The Balaban J connectivity index is 2.36. The van der Waals surface area contributed by atoms with Crippen LogP contribution in [0.5, 0.6) is 0 Å². The van der Waals surface area contributed by atoms with Crippen LogP contribution < -0.4 is 0 Å². The minimum Gasteiger partial charge on any atom is -0.358 e. The van der Waals surface area contributed by atoms with Gasteiger partial charge in [-0.25, -0.2) is 0 Å². The fourth-order valence-electron chi connectivity index (χ4n) is 2.54. The van der Waals surface area contributed by atoms with Gasteiger partial charge in [-0.1, -0.05) is 67.6 Å². The minimum atomic E-state index is 1.05. The van der Waals surface area contributed by atoms with Gasteiger partial charge in [0, 0.05) is 11.4 Å². The molecule has 2 rings (SSSR count). The molecule has 0 fully saturated rings. The van der Waals surface area contributed by atoms with Gasteiger partial charge >= 0.3 is 0 Å². The number of H-pyrrole nitrogens is 1. The van der Waals surface area contributed by atoms with Crippen LogP contribution in [-0.4, -0.2) is 4.98 Å². The van der Waals surface area contributed by atoms with E-state index in [0.717, 1.165) is 29.0 Å². The van der Waals surface area contributed by atoms with Crippen molar-refractivity contribution >= 4 is 11.6 Å². The number of nitrogens with one attached hydrogen (secondary N) is 1. The Bertz CT molecular complexity index is 795. The molecule has 0 aliphatic heterocycles. The van der Waals surface area contributed by atoms with Crippen molar-refractivity contribution < 1.29 is 0 Å². The van der Waals surface area contributed by atoms with Crippen molar-refractivity contribution in [3.8, 4) is 11.3 Å². The fraction of sp³-hybridized carbons (Fsp3) is 0.217. The molecule has 0 amide bonds. The van der Waals surface area contributed by atoms with Gasteiger partial charge in [-0.2, -0.15) is 0 Å². The molecule has 0 saturated carbocycles. The molecule has 0 atom stereocenters. The number of rotatable bonds is 6. The van der Waals surface area contributed by atoms with Gasteiger partial charge < -0.3 is 4.98 Å². The molecule has 0 aliphatic carbocycles. The summed E-state index contributed by atoms with van der Waals surface area (Å²) in [6.45, 7) is 16.4. The average molecular weight is 317 g/mol. The first-order chi connectivity index (χ1) is 11.4. The van der Waals surface area contributed by atoms with Gasteiger partial charge in [-0.05, 0) is 61.6 Å². The molecule has 0 aliphatic rings. The highest BCUT2D eigenvalue weighted by molar-refractivity contribution is 5.71. The summed E-state index contributed by atoms with van der Waals surface area (Å²) in [5, 5.41) is 0. The molecule has 0 radical (unpaired) electrons. The van der Waals surface area contributed by atoms with Gasteiger partial charge in [0.2, 0.25) is 0 Å². The summed E-state index contributed by atoms with van der Waals surface area (Å²) in [7, 11) is 0. The van der Waals surface area contributed by atoms with E-state index in [1.807, 2.05) is 13.0 Å². The summed E-state index contributed by atoms with van der Waals surface area (Å²) < 4.78 is 0. The third-order valence-corrected chi connectivity index (χ3v) is 4.27. The van der Waals surface area contributed by atoms with Crippen LogP contribution in [0.3, 0.4) is 0 Å². The first-order valence-corrected chi connectivity index (χ1v) is 8.41. The van der Waals surface area contributed by atoms with Crippen LogP contribution in [0.15, 0.2) is 66.8 Å². The second-order valence-electron chi connectivity index (χ2n) is 6.31. The summed E-state index contributed by atoms with van der Waals surface area (Å²) in [4.78, 5) is 3.48. The number of aromatic amines is 1. The largest absolute Gasteiger partial charge is 0.358 e. The lowest BCUT2D eigenvalue weighted by Crippen LogP contribution is -1.81. The van der Waals surface area contributed by atoms with E-state index < -0.39 is 0 Å². The third kappa shape index (κ3) is 4.26. The predicted octanol–water partition coefficient (Wildman–Crippen LogP) is 6.95. The molecular formula is C23H27N. The second-order valence-corrected chi connectivity index (χ2v) is 6.31. The summed E-state index contributed by atoms with van der Waals surface area (Å²) in [5.74, 6) is 0. The molecule has 1 heterocycles. The van der Waals surface area contributed by atoms with Crippen molar-refractivity contribution in [1.82, 2.24) is 4.98 Å². The normalized spacial score (nSPS) is 12.3. The molecule has 0 bridgehead atoms. The van der Waals surface area contributed by atoms with Gasteiger partial charge in [0.25, 0.3) is 0 Å². The molecule has 124 valence electrons. The van der Waals surface area contributed by atoms with E-state index in [-0.39, 0.29) is 0 Å². The van der Waals surface area contributed by atoms with Crippen molar-refractivity contribution in [1.29, 1.82) is 0 Å². The second kappa shape index (κ2) is 7.83. The smallest absolute Gasteiger partial charge is 0.0462 e. The highest BCUT2D eigenvalue weighted by Gasteiger charge is 2.06. The zero-order chi connectivity index (χ0) is 17.7. The molecule has 1 aromatic heterocycles. The van der Waals surface area contributed by atoms with E-state index in [1.54, 1.807) is 0 Å². The maximum Gasteiger partial charge on any atom is 0.0462 e. The molecule has 1 N–H and O–H groups in total. The highest BCUT2D eigenvalue weighted by atomic mass is 14.7. The number of hydrogen-bond donors (Lipinski definition) is 1. The van der Waals surface area contributed by atoms with E-state index in [4.69, 9.17) is 0 Å². The maximum atomic E-state index is 3.99. The van der Waals surface area contributed by atoms with Gasteiger partial charge in [0.05, 0.1) is 0 Å². The average Bonchev–Trinajstić information content (AvgIpc) is 2.94. The highest BCUT2D eigenvalue weighted by Crippen LogP contribution is 2.25. The number of benzene rings is 1. The lowest BCUT2D eigenvalue weighted by atomic mass is 10.0. The SMILES string of the molecule is C=CC(=C\c1cc(-c2ccc(C(=C)C)cc2)[nH]c1C)/C=C(\C)CC. The van der Waals surface area contributed by atoms with E-state index >= 15 is 0 Å². The van der Waals surface area contributed by atoms with Gasteiger partial charge in [-0.15, -0.1) is 0 Å². The van der Waals surface area contributed by atoms with Crippen molar-refractivity contribution in [3.05, 3.63) is 83.6 Å². The Hall–Kier alpha value is -2.54. The molecule has 0 unspecified atom stereocenters. The first-order valence-electron chi connectivity index (χ1n) is 8.41. The van der Waals surface area contributed by atoms with E-state index in [1.165, 1.54) is 22.3 Å². The standard InChI is InChI=1S/C23H27N/c1-7-17(5)13-19(8-2)14-22-15-23(24-18(22)6)21-11-9-20(10-12-21)16(3)4/h8-15,24H,2-3,7H2,1,4-6H3/b17-13+,19-14+. The molecule has 0 spiro atoms. The zero-order valence-corrected chi connectivity index (χ0v) is 15.2. The summed E-state index contributed by atoms with van der Waals surface area (Å²) in [6, 6.07) is 10.7. The van der Waals surface area contributed by atoms with Crippen molar-refractivity contribution in [2.75, 3.05) is 0 Å². The molecule has 2 aromatic rings. The molecule has 1 heteroatoms. The summed E-state index contributed by atoms with van der Waals surface area (Å²) in [5.41, 5.74) is 9.43. The van der Waals surface area contributed by atoms with Gasteiger partial charge in [0.15, 0.2) is 0 Å². The Kier molecular flexibility index (Phi) is 5.81. The predicted molar refractivity (Wildman–Crippen MR) is 108 cm³/mol. The van der Waals surface area contributed by atoms with Crippen LogP contribution >= 0.6 is 0 Å². The van der Waals surface area contributed by atoms with Crippen molar-refractivity contribution in [3.63, 3.8) is 0 Å². The van der Waals surface area contributed by atoms with Crippen LogP contribution in [0.2, 0.25) is 0 Å². The van der Waals surface area contributed by atoms with E-state index in [9.17, 15) is 0 Å². The lowest BCUT2D eigenvalue weighted by molar-refractivity contribution is 1.10. The van der Waals surface area contributed by atoms with Crippen LogP contribution in [0, 0.1) is 6.92 Å². The summed E-state index contributed by atoms with van der Waals surface area (Å²) in [6.07, 6.45) is 7.34. The molecule has 1 aromatic carbocycles. The zero-order valence-electron chi connectivity index (χ0n) is 15.2. The number of aryl methyl sites for hydroxylation is 1. The van der Waals surface area contributed by atoms with Crippen molar-refractivity contribution in [2.45, 2.75) is 34.1 Å². The Morgan fingerprint density at radius 2 is 1.83 bits per heavy atom. The van der Waals surface area contributed by atoms with Gasteiger partial charge in [0.1, 0.15) is 0 Å². The van der Waals surface area contributed by atoms with E-state index in [0.29, 0.717) is 0 Å². The molecule has 0 saturated heterocycles. The van der Waals surface area contributed by atoms with Crippen molar-refractivity contribution in [2.24, 2.45) is 0 Å². The molecule has 24 heavy (non-hydrogen) atoms. The minimum absolute atomic E-state index is 1.05. The molecule has 1 nitrogen and oxygen atoms in total. The third-order valence-electron chi connectivity index (χ3n) is 4.27. The summed E-state index contributed by atoms with van der Waals surface area (Å²) >= 11 is 0. The lowest BCUT2D eigenvalue weighted by Gasteiger charge is -2.02. The number of aromatic nitrogens is 1. The number of allylic oxidation sites excluding steroid dienone is 5. The van der Waals surface area contributed by atoms with Crippen LogP contribution in [0.1, 0.15) is 44.0 Å². The van der Waals surface area contributed by atoms with Crippen LogP contribution in [-0.2, 0) is 0 Å². The van der Waals surface area contributed by atoms with E-state index in [2.05, 4.69) is 81.4 Å². The quantitative estimate of drug-likeness (QED) is 0.555. The maximum absolute atomic E-state index is 3.99. The van der Waals surface area contributed by atoms with Crippen LogP contribution in [0.4, 0.5) is 0 Å². The Labute approximate surface area is 146 Å². The topological polar surface area (TPSA) is 15.8 Å². The van der Waals surface area contributed by atoms with Crippen LogP contribution in [0.25, 0.3) is 22.9 Å². The Morgan fingerprint density at radius 1 is 1.17 bits per heavy atom. The monoisotopic (exact) mass is 317 g/mol. The van der Waals surface area contributed by atoms with Gasteiger partial charge in [-0.3, -0.25) is 0 Å². The first kappa shape index (κ1) is 17.8. The Morgan fingerprint density at radius 3 is 2.38 bits per heavy atom. The fourth-order valence-corrected chi connectivity index (χ4v) is 2.54. The molecular weight excluding hydrogens is 290 g/mol.